The summed E-state index contributed by atoms with van der Waals surface area (Å²) in [6.07, 6.45) is 4.32. The van der Waals surface area contributed by atoms with Crippen molar-refractivity contribution in [2.24, 2.45) is 0 Å². The van der Waals surface area contributed by atoms with E-state index in [4.69, 9.17) is 10.00 Å². The number of hydrogen-bond acceptors (Lipinski definition) is 5. The second-order valence-electron chi connectivity index (χ2n) is 3.87. The largest absolute Gasteiger partial charge is 0.486 e. The Bertz CT molecular complexity index is 573. The van der Waals surface area contributed by atoms with E-state index in [9.17, 15) is 8.42 Å². The summed E-state index contributed by atoms with van der Waals surface area (Å²) in [5, 5.41) is 8.75. The highest BCUT2D eigenvalue weighted by molar-refractivity contribution is 7.92. The Balaban J connectivity index is 2.32. The summed E-state index contributed by atoms with van der Waals surface area (Å²) in [4.78, 5) is 3.88. The summed E-state index contributed by atoms with van der Waals surface area (Å²) in [5.41, 5.74) is 0.333. The molecule has 7 heteroatoms. The van der Waals surface area contributed by atoms with Gasteiger partial charge in [0, 0.05) is 12.3 Å². The molecule has 0 bridgehead atoms. The third-order valence-corrected chi connectivity index (χ3v) is 2.65. The minimum absolute atomic E-state index is 0.103. The maximum Gasteiger partial charge on any atom is 0.231 e. The van der Waals surface area contributed by atoms with Gasteiger partial charge in [-0.15, -0.1) is 0 Å². The predicted octanol–water partition coefficient (Wildman–Crippen LogP) is 0.866. The maximum absolute atomic E-state index is 11.1. The Kier molecular flexibility index (Phi) is 2.90. The lowest BCUT2D eigenvalue weighted by Crippen LogP contribution is -2.13. The fourth-order valence-electron chi connectivity index (χ4n) is 1.21. The zero-order chi connectivity index (χ0) is 12.5. The van der Waals surface area contributed by atoms with Gasteiger partial charge in [0.15, 0.2) is 11.6 Å². The molecule has 6 nitrogen and oxygen atoms in total. The molecule has 1 fully saturated rings. The van der Waals surface area contributed by atoms with Gasteiger partial charge < -0.3 is 4.74 Å². The standard InChI is InChI=1S/C10H11N3O3S/c1-17(14,15)13-10-9(16-8-2-3-8)4-7(5-11)6-12-10/h4,6,8H,2-3H2,1H3,(H,12,13). The van der Waals surface area contributed by atoms with Crippen LogP contribution in [0.4, 0.5) is 5.82 Å². The van der Waals surface area contributed by atoms with E-state index in [-0.39, 0.29) is 11.9 Å². The van der Waals surface area contributed by atoms with Gasteiger partial charge in [-0.2, -0.15) is 5.26 Å². The van der Waals surface area contributed by atoms with Gasteiger partial charge in [0.1, 0.15) is 6.07 Å². The van der Waals surface area contributed by atoms with Crippen LogP contribution in [0, 0.1) is 11.3 Å². The Morgan fingerprint density at radius 2 is 2.29 bits per heavy atom. The number of ether oxygens (including phenoxy) is 1. The van der Waals surface area contributed by atoms with Crippen LogP contribution in [-0.2, 0) is 10.0 Å². The molecule has 0 saturated heterocycles. The van der Waals surface area contributed by atoms with Crippen LogP contribution in [0.1, 0.15) is 18.4 Å². The first-order valence-corrected chi connectivity index (χ1v) is 6.91. The van der Waals surface area contributed by atoms with Crippen LogP contribution in [-0.4, -0.2) is 25.8 Å². The summed E-state index contributed by atoms with van der Waals surface area (Å²) >= 11 is 0. The number of hydrogen-bond donors (Lipinski definition) is 1. The third-order valence-electron chi connectivity index (χ3n) is 2.08. The highest BCUT2D eigenvalue weighted by Crippen LogP contribution is 2.31. The Morgan fingerprint density at radius 1 is 1.59 bits per heavy atom. The van der Waals surface area contributed by atoms with Crippen LogP contribution in [0.3, 0.4) is 0 Å². The lowest BCUT2D eigenvalue weighted by molar-refractivity contribution is 0.304. The molecule has 1 aromatic heterocycles. The quantitative estimate of drug-likeness (QED) is 0.859. The SMILES string of the molecule is CS(=O)(=O)Nc1ncc(C#N)cc1OC1CC1. The molecule has 0 atom stereocenters. The fourth-order valence-corrected chi connectivity index (χ4v) is 1.72. The minimum Gasteiger partial charge on any atom is -0.486 e. The summed E-state index contributed by atoms with van der Waals surface area (Å²) in [7, 11) is -3.41. The van der Waals surface area contributed by atoms with Crippen molar-refractivity contribution in [1.29, 1.82) is 5.26 Å². The summed E-state index contributed by atoms with van der Waals surface area (Å²) in [5.74, 6) is 0.426. The highest BCUT2D eigenvalue weighted by atomic mass is 32.2. The first kappa shape index (κ1) is 11.7. The van der Waals surface area contributed by atoms with Crippen molar-refractivity contribution < 1.29 is 13.2 Å². The van der Waals surface area contributed by atoms with Crippen molar-refractivity contribution in [3.63, 3.8) is 0 Å². The maximum atomic E-state index is 11.1. The predicted molar refractivity (Wildman–Crippen MR) is 61.1 cm³/mol. The van der Waals surface area contributed by atoms with Crippen molar-refractivity contribution in [3.05, 3.63) is 17.8 Å². The van der Waals surface area contributed by atoms with E-state index in [1.807, 2.05) is 6.07 Å². The topological polar surface area (TPSA) is 92.1 Å². The van der Waals surface area contributed by atoms with Crippen molar-refractivity contribution >= 4 is 15.8 Å². The molecule has 0 spiro atoms. The van der Waals surface area contributed by atoms with Crippen molar-refractivity contribution in [2.75, 3.05) is 11.0 Å². The number of nitriles is 1. The number of anilines is 1. The van der Waals surface area contributed by atoms with Crippen LogP contribution in [0.2, 0.25) is 0 Å². The summed E-state index contributed by atoms with van der Waals surface area (Å²) in [6.45, 7) is 0. The van der Waals surface area contributed by atoms with Gasteiger partial charge in [-0.1, -0.05) is 0 Å². The second-order valence-corrected chi connectivity index (χ2v) is 5.62. The molecule has 0 radical (unpaired) electrons. The van der Waals surface area contributed by atoms with Gasteiger partial charge in [-0.05, 0) is 12.8 Å². The second kappa shape index (κ2) is 4.22. The fraction of sp³-hybridized carbons (Fsp3) is 0.400. The summed E-state index contributed by atoms with van der Waals surface area (Å²) < 4.78 is 30.0. The van der Waals surface area contributed by atoms with Gasteiger partial charge in [-0.25, -0.2) is 13.4 Å². The zero-order valence-electron chi connectivity index (χ0n) is 9.17. The van der Waals surface area contributed by atoms with E-state index >= 15 is 0 Å². The lowest BCUT2D eigenvalue weighted by atomic mass is 10.3. The van der Waals surface area contributed by atoms with Crippen LogP contribution < -0.4 is 9.46 Å². The van der Waals surface area contributed by atoms with Gasteiger partial charge >= 0.3 is 0 Å². The number of aromatic nitrogens is 1. The van der Waals surface area contributed by atoms with Crippen molar-refractivity contribution in [3.8, 4) is 11.8 Å². The molecule has 90 valence electrons. The molecule has 1 heterocycles. The van der Waals surface area contributed by atoms with E-state index < -0.39 is 10.0 Å². The number of nitrogens with one attached hydrogen (secondary N) is 1. The van der Waals surface area contributed by atoms with E-state index in [1.165, 1.54) is 12.3 Å². The molecular weight excluding hydrogens is 242 g/mol. The van der Waals surface area contributed by atoms with Crippen LogP contribution >= 0.6 is 0 Å². The minimum atomic E-state index is -3.41. The molecule has 1 saturated carbocycles. The molecular formula is C10H11N3O3S. The van der Waals surface area contributed by atoms with Gasteiger partial charge in [-0.3, -0.25) is 4.72 Å². The first-order valence-electron chi connectivity index (χ1n) is 5.02. The molecule has 0 amide bonds. The molecule has 1 aliphatic rings. The van der Waals surface area contributed by atoms with Crippen LogP contribution in [0.5, 0.6) is 5.75 Å². The van der Waals surface area contributed by atoms with Gasteiger partial charge in [0.05, 0.1) is 17.9 Å². The van der Waals surface area contributed by atoms with Crippen molar-refractivity contribution in [2.45, 2.75) is 18.9 Å². The van der Waals surface area contributed by atoms with Crippen molar-refractivity contribution in [1.82, 2.24) is 4.98 Å². The average molecular weight is 253 g/mol. The molecule has 0 aliphatic heterocycles. The zero-order valence-corrected chi connectivity index (χ0v) is 9.99. The molecule has 0 aromatic carbocycles. The van der Waals surface area contributed by atoms with Gasteiger partial charge in [0.25, 0.3) is 0 Å². The normalized spacial score (nSPS) is 15.1. The van der Waals surface area contributed by atoms with E-state index in [0.29, 0.717) is 11.3 Å². The molecule has 1 aromatic rings. The monoisotopic (exact) mass is 253 g/mol. The van der Waals surface area contributed by atoms with E-state index in [1.54, 1.807) is 0 Å². The Labute approximate surface area is 99.3 Å². The molecule has 17 heavy (non-hydrogen) atoms. The molecule has 2 rings (SSSR count). The Morgan fingerprint density at radius 3 is 2.82 bits per heavy atom. The third kappa shape index (κ3) is 3.32. The first-order chi connectivity index (χ1) is 7.98. The molecule has 0 unspecified atom stereocenters. The van der Waals surface area contributed by atoms with Crippen LogP contribution in [0.15, 0.2) is 12.3 Å². The number of nitrogens with zero attached hydrogens (tertiary/aromatic N) is 2. The smallest absolute Gasteiger partial charge is 0.231 e. The van der Waals surface area contributed by atoms with E-state index in [2.05, 4.69) is 9.71 Å². The summed E-state index contributed by atoms with van der Waals surface area (Å²) in [6, 6.07) is 3.42. The van der Waals surface area contributed by atoms with E-state index in [0.717, 1.165) is 19.1 Å². The number of sulfonamides is 1. The molecule has 1 N–H and O–H groups in total. The number of rotatable bonds is 4. The average Bonchev–Trinajstić information content (AvgIpc) is 3.02. The highest BCUT2D eigenvalue weighted by Gasteiger charge is 2.25. The lowest BCUT2D eigenvalue weighted by Gasteiger charge is -2.10. The van der Waals surface area contributed by atoms with Crippen LogP contribution in [0.25, 0.3) is 0 Å². The Hall–Kier alpha value is -1.81. The van der Waals surface area contributed by atoms with Gasteiger partial charge in [0.2, 0.25) is 10.0 Å². The molecule has 1 aliphatic carbocycles. The number of pyridine rings is 1.